The molecule has 5 heteroatoms. The average molecular weight is 311 g/mol. The van der Waals surface area contributed by atoms with Crippen molar-refractivity contribution in [2.24, 2.45) is 0 Å². The van der Waals surface area contributed by atoms with Gasteiger partial charge in [-0.15, -0.1) is 11.3 Å². The van der Waals surface area contributed by atoms with Crippen molar-refractivity contribution in [2.45, 2.75) is 19.4 Å². The van der Waals surface area contributed by atoms with E-state index in [1.54, 1.807) is 11.3 Å². The maximum atomic E-state index is 5.43. The number of hydrogen-bond donors (Lipinski definition) is 0. The SMILES string of the molecule is Cc1cccc(CN2CC(c3nc(-c4cccs4)no3)C2)c1. The van der Waals surface area contributed by atoms with Crippen LogP contribution in [0, 0.1) is 6.92 Å². The van der Waals surface area contributed by atoms with E-state index in [-0.39, 0.29) is 0 Å². The Morgan fingerprint density at radius 2 is 2.18 bits per heavy atom. The lowest BCUT2D eigenvalue weighted by atomic mass is 9.99. The summed E-state index contributed by atoms with van der Waals surface area (Å²) in [6.07, 6.45) is 0. The van der Waals surface area contributed by atoms with Gasteiger partial charge in [0.2, 0.25) is 11.7 Å². The Bertz CT molecular complexity index is 760. The lowest BCUT2D eigenvalue weighted by Crippen LogP contribution is -2.44. The summed E-state index contributed by atoms with van der Waals surface area (Å²) in [6, 6.07) is 12.7. The van der Waals surface area contributed by atoms with E-state index < -0.39 is 0 Å². The van der Waals surface area contributed by atoms with Crippen LogP contribution in [0.5, 0.6) is 0 Å². The minimum Gasteiger partial charge on any atom is -0.339 e. The van der Waals surface area contributed by atoms with E-state index in [0.29, 0.717) is 11.7 Å². The Labute approximate surface area is 133 Å². The maximum absolute atomic E-state index is 5.43. The Kier molecular flexibility index (Phi) is 3.52. The summed E-state index contributed by atoms with van der Waals surface area (Å²) in [6.45, 7) is 5.09. The third-order valence-electron chi connectivity index (χ3n) is 3.98. The van der Waals surface area contributed by atoms with Gasteiger partial charge in [0.05, 0.1) is 10.8 Å². The van der Waals surface area contributed by atoms with E-state index in [0.717, 1.165) is 30.4 Å². The van der Waals surface area contributed by atoms with E-state index in [4.69, 9.17) is 4.52 Å². The molecule has 0 N–H and O–H groups in total. The van der Waals surface area contributed by atoms with Crippen LogP contribution in [0.15, 0.2) is 46.3 Å². The van der Waals surface area contributed by atoms with E-state index in [9.17, 15) is 0 Å². The zero-order valence-electron chi connectivity index (χ0n) is 12.4. The lowest BCUT2D eigenvalue weighted by Gasteiger charge is -2.37. The first-order valence-electron chi connectivity index (χ1n) is 7.43. The summed E-state index contributed by atoms with van der Waals surface area (Å²) in [5.74, 6) is 1.84. The molecular weight excluding hydrogens is 294 g/mol. The van der Waals surface area contributed by atoms with Crippen LogP contribution in [0.1, 0.15) is 22.9 Å². The minimum atomic E-state index is 0.367. The standard InChI is InChI=1S/C17H17N3OS/c1-12-4-2-5-13(8-12)9-20-10-14(11-20)17-18-16(19-21-17)15-6-3-7-22-15/h2-8,14H,9-11H2,1H3. The zero-order chi connectivity index (χ0) is 14.9. The van der Waals surface area contributed by atoms with Crippen molar-refractivity contribution in [3.63, 3.8) is 0 Å². The van der Waals surface area contributed by atoms with Crippen LogP contribution < -0.4 is 0 Å². The Morgan fingerprint density at radius 1 is 1.27 bits per heavy atom. The summed E-state index contributed by atoms with van der Waals surface area (Å²) in [4.78, 5) is 8.01. The van der Waals surface area contributed by atoms with Gasteiger partial charge >= 0.3 is 0 Å². The maximum Gasteiger partial charge on any atom is 0.232 e. The van der Waals surface area contributed by atoms with Crippen LogP contribution >= 0.6 is 11.3 Å². The van der Waals surface area contributed by atoms with E-state index in [1.165, 1.54) is 11.1 Å². The van der Waals surface area contributed by atoms with Gasteiger partial charge in [0.1, 0.15) is 0 Å². The lowest BCUT2D eigenvalue weighted by molar-refractivity contribution is 0.117. The summed E-state index contributed by atoms with van der Waals surface area (Å²) in [5, 5.41) is 6.11. The van der Waals surface area contributed by atoms with Crippen molar-refractivity contribution >= 4 is 11.3 Å². The van der Waals surface area contributed by atoms with Gasteiger partial charge in [-0.3, -0.25) is 4.90 Å². The summed E-state index contributed by atoms with van der Waals surface area (Å²) >= 11 is 1.63. The third-order valence-corrected chi connectivity index (χ3v) is 4.84. The summed E-state index contributed by atoms with van der Waals surface area (Å²) in [7, 11) is 0. The molecule has 112 valence electrons. The number of hydrogen-bond acceptors (Lipinski definition) is 5. The molecule has 4 rings (SSSR count). The first kappa shape index (κ1) is 13.7. The fourth-order valence-corrected chi connectivity index (χ4v) is 3.48. The molecule has 0 bridgehead atoms. The van der Waals surface area contributed by atoms with Gasteiger partial charge < -0.3 is 4.52 Å². The highest BCUT2D eigenvalue weighted by Gasteiger charge is 2.32. The smallest absolute Gasteiger partial charge is 0.232 e. The van der Waals surface area contributed by atoms with Crippen LogP contribution in [0.3, 0.4) is 0 Å². The molecule has 1 aliphatic rings. The van der Waals surface area contributed by atoms with E-state index in [1.807, 2.05) is 17.5 Å². The molecule has 2 aromatic heterocycles. The quantitative estimate of drug-likeness (QED) is 0.736. The number of rotatable bonds is 4. The highest BCUT2D eigenvalue weighted by molar-refractivity contribution is 7.13. The fourth-order valence-electron chi connectivity index (χ4n) is 2.83. The first-order chi connectivity index (χ1) is 10.8. The normalized spacial score (nSPS) is 15.9. The minimum absolute atomic E-state index is 0.367. The van der Waals surface area contributed by atoms with Gasteiger partial charge in [-0.2, -0.15) is 4.98 Å². The molecule has 0 atom stereocenters. The second-order valence-electron chi connectivity index (χ2n) is 5.81. The largest absolute Gasteiger partial charge is 0.339 e. The molecular formula is C17H17N3OS. The molecule has 0 radical (unpaired) electrons. The van der Waals surface area contributed by atoms with Crippen LogP contribution in [0.25, 0.3) is 10.7 Å². The van der Waals surface area contributed by atoms with Crippen molar-refractivity contribution in [1.82, 2.24) is 15.0 Å². The molecule has 4 nitrogen and oxygen atoms in total. The number of nitrogens with zero attached hydrogens (tertiary/aromatic N) is 3. The Hall–Kier alpha value is -1.98. The van der Waals surface area contributed by atoms with Crippen molar-refractivity contribution < 1.29 is 4.52 Å². The topological polar surface area (TPSA) is 42.2 Å². The number of benzene rings is 1. The van der Waals surface area contributed by atoms with Crippen LogP contribution in [0.4, 0.5) is 0 Å². The van der Waals surface area contributed by atoms with Gasteiger partial charge in [-0.05, 0) is 23.9 Å². The molecule has 3 heterocycles. The molecule has 22 heavy (non-hydrogen) atoms. The number of likely N-dealkylation sites (tertiary alicyclic amines) is 1. The molecule has 1 aromatic carbocycles. The van der Waals surface area contributed by atoms with Crippen LogP contribution in [-0.2, 0) is 6.54 Å². The number of aromatic nitrogens is 2. The predicted molar refractivity (Wildman–Crippen MR) is 86.8 cm³/mol. The van der Waals surface area contributed by atoms with Crippen molar-refractivity contribution in [1.29, 1.82) is 0 Å². The third kappa shape index (κ3) is 2.69. The Balaban J connectivity index is 1.37. The van der Waals surface area contributed by atoms with Gasteiger partial charge in [0.25, 0.3) is 0 Å². The monoisotopic (exact) mass is 311 g/mol. The van der Waals surface area contributed by atoms with Crippen LogP contribution in [-0.4, -0.2) is 28.1 Å². The van der Waals surface area contributed by atoms with E-state index >= 15 is 0 Å². The molecule has 1 fully saturated rings. The Morgan fingerprint density at radius 3 is 2.95 bits per heavy atom. The molecule has 0 spiro atoms. The highest BCUT2D eigenvalue weighted by atomic mass is 32.1. The summed E-state index contributed by atoms with van der Waals surface area (Å²) in [5.41, 5.74) is 2.68. The van der Waals surface area contributed by atoms with Crippen molar-refractivity contribution in [3.05, 3.63) is 58.8 Å². The molecule has 0 saturated carbocycles. The number of aryl methyl sites for hydroxylation is 1. The van der Waals surface area contributed by atoms with Crippen molar-refractivity contribution in [3.8, 4) is 10.7 Å². The molecule has 1 aliphatic heterocycles. The zero-order valence-corrected chi connectivity index (χ0v) is 13.2. The molecule has 0 aliphatic carbocycles. The van der Waals surface area contributed by atoms with Crippen molar-refractivity contribution in [2.75, 3.05) is 13.1 Å². The molecule has 1 saturated heterocycles. The fraction of sp³-hybridized carbons (Fsp3) is 0.294. The second-order valence-corrected chi connectivity index (χ2v) is 6.76. The second kappa shape index (κ2) is 5.66. The van der Waals surface area contributed by atoms with Gasteiger partial charge in [0, 0.05) is 19.6 Å². The van der Waals surface area contributed by atoms with Gasteiger partial charge in [-0.1, -0.05) is 41.1 Å². The molecule has 3 aromatic rings. The average Bonchev–Trinajstić information content (AvgIpc) is 3.13. The molecule has 0 unspecified atom stereocenters. The van der Waals surface area contributed by atoms with E-state index in [2.05, 4.69) is 46.2 Å². The van der Waals surface area contributed by atoms with Crippen LogP contribution in [0.2, 0.25) is 0 Å². The number of thiophene rings is 1. The van der Waals surface area contributed by atoms with Gasteiger partial charge in [-0.25, -0.2) is 0 Å². The summed E-state index contributed by atoms with van der Waals surface area (Å²) < 4.78 is 5.43. The molecule has 0 amide bonds. The van der Waals surface area contributed by atoms with Gasteiger partial charge in [0.15, 0.2) is 0 Å². The highest BCUT2D eigenvalue weighted by Crippen LogP contribution is 2.29. The predicted octanol–water partition coefficient (Wildman–Crippen LogP) is 3.71. The first-order valence-corrected chi connectivity index (χ1v) is 8.31.